The highest BCUT2D eigenvalue weighted by atomic mass is 19.4. The molecule has 16 heteroatoms. The number of halogens is 6. The van der Waals surface area contributed by atoms with Gasteiger partial charge in [-0.2, -0.15) is 36.5 Å². The molecule has 0 fully saturated rings. The lowest BCUT2D eigenvalue weighted by Gasteiger charge is -2.15. The van der Waals surface area contributed by atoms with Crippen molar-refractivity contribution in [2.24, 2.45) is 0 Å². The molecule has 0 saturated heterocycles. The molecular formula is C25H12F6N8O2. The van der Waals surface area contributed by atoms with Crippen LogP contribution < -0.4 is 10.7 Å². The number of anilines is 1. The molecule has 0 aliphatic heterocycles. The first-order chi connectivity index (χ1) is 19.5. The average Bonchev–Trinajstić information content (AvgIpc) is 3.68. The monoisotopic (exact) mass is 570 g/mol. The summed E-state index contributed by atoms with van der Waals surface area (Å²) < 4.78 is 85.6. The summed E-state index contributed by atoms with van der Waals surface area (Å²) in [7, 11) is 0. The lowest BCUT2D eigenvalue weighted by molar-refractivity contribution is -0.143. The van der Waals surface area contributed by atoms with Crippen molar-refractivity contribution in [2.75, 3.05) is 5.32 Å². The van der Waals surface area contributed by atoms with E-state index in [0.29, 0.717) is 27.7 Å². The Labute approximate surface area is 222 Å². The summed E-state index contributed by atoms with van der Waals surface area (Å²) in [5.74, 6) is -0.257. The van der Waals surface area contributed by atoms with Crippen molar-refractivity contribution in [3.63, 3.8) is 0 Å². The van der Waals surface area contributed by atoms with Crippen LogP contribution in [0.5, 0.6) is 0 Å². The van der Waals surface area contributed by atoms with Gasteiger partial charge >= 0.3 is 12.4 Å². The van der Waals surface area contributed by atoms with Gasteiger partial charge in [0, 0.05) is 28.6 Å². The summed E-state index contributed by atoms with van der Waals surface area (Å²) in [6.07, 6.45) is -5.00. The Hall–Kier alpha value is -5.50. The molecule has 0 radical (unpaired) electrons. The third-order valence-corrected chi connectivity index (χ3v) is 6.17. The van der Waals surface area contributed by atoms with Gasteiger partial charge in [-0.1, -0.05) is 18.2 Å². The zero-order valence-electron chi connectivity index (χ0n) is 20.0. The van der Waals surface area contributed by atoms with Crippen LogP contribution in [0.15, 0.2) is 61.3 Å². The minimum absolute atomic E-state index is 0.0530. The van der Waals surface area contributed by atoms with Crippen LogP contribution in [0.2, 0.25) is 0 Å². The summed E-state index contributed by atoms with van der Waals surface area (Å²) in [4.78, 5) is 34.8. The van der Waals surface area contributed by atoms with E-state index in [0.717, 1.165) is 17.1 Å². The van der Waals surface area contributed by atoms with Crippen molar-refractivity contribution in [1.29, 1.82) is 0 Å². The molecule has 1 amide bonds. The molecule has 2 N–H and O–H groups in total. The number of pyridine rings is 2. The van der Waals surface area contributed by atoms with Gasteiger partial charge in [0.25, 0.3) is 5.91 Å². The highest BCUT2D eigenvalue weighted by Gasteiger charge is 2.41. The van der Waals surface area contributed by atoms with E-state index in [9.17, 15) is 35.9 Å². The molecule has 6 rings (SSSR count). The number of benzene rings is 1. The fourth-order valence-corrected chi connectivity index (χ4v) is 4.50. The number of nitrogens with zero attached hydrogens (tertiary/aromatic N) is 6. The number of alkyl halides is 6. The van der Waals surface area contributed by atoms with E-state index in [1.54, 1.807) is 12.0 Å². The Morgan fingerprint density at radius 2 is 1.73 bits per heavy atom. The van der Waals surface area contributed by atoms with Gasteiger partial charge in [0.15, 0.2) is 17.5 Å². The molecule has 6 aromatic rings. The van der Waals surface area contributed by atoms with Gasteiger partial charge < -0.3 is 10.3 Å². The van der Waals surface area contributed by atoms with Crippen molar-refractivity contribution in [2.45, 2.75) is 12.4 Å². The Morgan fingerprint density at radius 3 is 2.41 bits per heavy atom. The SMILES string of the molecule is O=C=c1[nH]c2ncc(-n3ncc(C(=O)Nc4cnc(-n5cccn5)c(C(F)(F)F)c4)c3C(F)(F)F)c3cccc1c23. The van der Waals surface area contributed by atoms with Gasteiger partial charge in [0.2, 0.25) is 0 Å². The van der Waals surface area contributed by atoms with Crippen molar-refractivity contribution in [3.8, 4) is 11.5 Å². The van der Waals surface area contributed by atoms with Gasteiger partial charge in [0.1, 0.15) is 16.6 Å². The van der Waals surface area contributed by atoms with Crippen LogP contribution >= 0.6 is 0 Å². The summed E-state index contributed by atoms with van der Waals surface area (Å²) in [6, 6.07) is 6.47. The second kappa shape index (κ2) is 9.02. The van der Waals surface area contributed by atoms with Crippen LogP contribution in [0.25, 0.3) is 33.3 Å². The topological polar surface area (TPSA) is 123 Å². The van der Waals surface area contributed by atoms with Crippen molar-refractivity contribution >= 4 is 39.3 Å². The van der Waals surface area contributed by atoms with Crippen LogP contribution in [-0.2, 0) is 17.1 Å². The smallest absolute Gasteiger partial charge is 0.330 e. The van der Waals surface area contributed by atoms with Gasteiger partial charge in [0.05, 0.1) is 35.5 Å². The van der Waals surface area contributed by atoms with Crippen molar-refractivity contribution < 1.29 is 35.9 Å². The Bertz CT molecular complexity index is 2040. The predicted molar refractivity (Wildman–Crippen MR) is 130 cm³/mol. The Kier molecular flexibility index (Phi) is 5.67. The van der Waals surface area contributed by atoms with Gasteiger partial charge in [-0.15, -0.1) is 0 Å². The minimum atomic E-state index is -5.13. The normalized spacial score (nSPS) is 12.2. The average molecular weight is 570 g/mol. The number of carbonyl (C=O) groups excluding carboxylic acids is 2. The molecule has 5 heterocycles. The molecule has 206 valence electrons. The third kappa shape index (κ3) is 4.26. The van der Waals surface area contributed by atoms with Crippen molar-refractivity contribution in [3.05, 3.63) is 83.5 Å². The van der Waals surface area contributed by atoms with E-state index in [2.05, 4.69) is 25.1 Å². The number of rotatable bonds is 4. The molecule has 0 saturated carbocycles. The van der Waals surface area contributed by atoms with E-state index >= 15 is 0 Å². The second-order valence-electron chi connectivity index (χ2n) is 8.64. The molecular weight excluding hydrogens is 558 g/mol. The van der Waals surface area contributed by atoms with Crippen LogP contribution in [-0.4, -0.2) is 46.4 Å². The molecule has 1 aromatic carbocycles. The van der Waals surface area contributed by atoms with E-state index in [1.165, 1.54) is 30.6 Å². The number of hydrogen-bond acceptors (Lipinski definition) is 6. The fourth-order valence-electron chi connectivity index (χ4n) is 4.50. The molecule has 0 spiro atoms. The second-order valence-corrected chi connectivity index (χ2v) is 8.64. The lowest BCUT2D eigenvalue weighted by Crippen LogP contribution is -2.21. The molecule has 0 aliphatic carbocycles. The van der Waals surface area contributed by atoms with Crippen LogP contribution in [0.1, 0.15) is 21.6 Å². The largest absolute Gasteiger partial charge is 0.434 e. The van der Waals surface area contributed by atoms with Crippen LogP contribution in [0, 0.1) is 0 Å². The van der Waals surface area contributed by atoms with Crippen LogP contribution in [0.3, 0.4) is 0 Å². The first-order valence-electron chi connectivity index (χ1n) is 11.5. The number of H-pyrrole nitrogens is 1. The number of nitrogens with one attached hydrogen (secondary N) is 2. The van der Waals surface area contributed by atoms with E-state index in [4.69, 9.17) is 0 Å². The van der Waals surface area contributed by atoms with Gasteiger partial charge in [-0.05, 0) is 12.1 Å². The molecule has 0 atom stereocenters. The maximum absolute atomic E-state index is 14.3. The predicted octanol–water partition coefficient (Wildman–Crippen LogP) is 3.99. The molecule has 10 nitrogen and oxygen atoms in total. The molecule has 5 aromatic heterocycles. The Balaban J connectivity index is 1.44. The number of aromatic nitrogens is 7. The summed E-state index contributed by atoms with van der Waals surface area (Å²) in [5.41, 5.74) is -4.17. The Morgan fingerprint density at radius 1 is 0.951 bits per heavy atom. The van der Waals surface area contributed by atoms with Crippen molar-refractivity contribution in [1.82, 2.24) is 34.5 Å². The molecule has 0 bridgehead atoms. The van der Waals surface area contributed by atoms with E-state index < -0.39 is 46.6 Å². The number of hydrogen-bond donors (Lipinski definition) is 2. The van der Waals surface area contributed by atoms with E-state index in [-0.39, 0.29) is 22.1 Å². The maximum atomic E-state index is 14.3. The maximum Gasteiger partial charge on any atom is 0.434 e. The van der Waals surface area contributed by atoms with E-state index in [1.807, 2.05) is 5.32 Å². The van der Waals surface area contributed by atoms with Gasteiger partial charge in [-0.3, -0.25) is 4.79 Å². The molecule has 41 heavy (non-hydrogen) atoms. The third-order valence-electron chi connectivity index (χ3n) is 6.17. The van der Waals surface area contributed by atoms with Crippen LogP contribution in [0.4, 0.5) is 32.0 Å². The zero-order valence-corrected chi connectivity index (χ0v) is 20.0. The summed E-state index contributed by atoms with van der Waals surface area (Å²) >= 11 is 0. The zero-order chi connectivity index (χ0) is 29.1. The van der Waals surface area contributed by atoms with Gasteiger partial charge in [-0.25, -0.2) is 24.1 Å². The highest BCUT2D eigenvalue weighted by Crippen LogP contribution is 2.37. The molecule has 0 aliphatic rings. The lowest BCUT2D eigenvalue weighted by atomic mass is 10.1. The first kappa shape index (κ1) is 25.8. The number of aromatic amines is 1. The summed E-state index contributed by atoms with van der Waals surface area (Å²) in [5, 5.41) is 10.5. The first-order valence-corrected chi connectivity index (χ1v) is 11.5. The minimum Gasteiger partial charge on any atom is -0.330 e. The summed E-state index contributed by atoms with van der Waals surface area (Å²) in [6.45, 7) is 0. The standard InChI is InChI=1S/C25H12F6N8O2/c26-24(27,28)16-7-12(8-33-22(16)38-6-2-5-34-38)36-23(41)15-9-35-39(20(15)25(29,30)31)18-10-32-21-19-13(17(11-40)37-21)3-1-4-14(18)19/h1-10H,(H,32,37)(H,36,41). The molecule has 0 unspecified atom stereocenters. The quantitative estimate of drug-likeness (QED) is 0.309. The fraction of sp³-hybridized carbons (Fsp3) is 0.0800. The highest BCUT2D eigenvalue weighted by molar-refractivity contribution is 6.11. The number of amides is 1. The number of carbonyl (C=O) groups is 1.